The van der Waals surface area contributed by atoms with Crippen molar-refractivity contribution in [2.75, 3.05) is 0 Å². The largest absolute Gasteiger partial charge is 0.416 e. The number of halogens is 3. The Hall–Kier alpha value is -2.97. The predicted molar refractivity (Wildman–Crippen MR) is 70.5 cm³/mol. The first-order valence-corrected chi connectivity index (χ1v) is 6.04. The molecule has 0 fully saturated rings. The Kier molecular flexibility index (Phi) is 3.05. The van der Waals surface area contributed by atoms with E-state index in [2.05, 4.69) is 10.3 Å². The van der Waals surface area contributed by atoms with Crippen molar-refractivity contribution in [2.45, 2.75) is 6.18 Å². The molecule has 2 aromatic carbocycles. The van der Waals surface area contributed by atoms with Crippen LogP contribution < -0.4 is 0 Å². The number of nitro benzene ring substituents is 1. The lowest BCUT2D eigenvalue weighted by Crippen LogP contribution is -2.06. The topological polar surface area (TPSA) is 73.8 Å². The Morgan fingerprint density at radius 3 is 2.59 bits per heavy atom. The number of benzene rings is 2. The third-order valence-corrected chi connectivity index (χ3v) is 3.06. The van der Waals surface area contributed by atoms with Crippen LogP contribution >= 0.6 is 0 Å². The predicted octanol–water partition coefficient (Wildman–Crippen LogP) is 3.35. The second-order valence-electron chi connectivity index (χ2n) is 4.48. The maximum atomic E-state index is 12.7. The minimum absolute atomic E-state index is 0.163. The molecule has 0 aliphatic heterocycles. The van der Waals surface area contributed by atoms with Crippen LogP contribution in [0.1, 0.15) is 5.56 Å². The van der Waals surface area contributed by atoms with Crippen LogP contribution in [0.3, 0.4) is 0 Å². The van der Waals surface area contributed by atoms with E-state index < -0.39 is 16.7 Å². The number of nitrogens with zero attached hydrogens (tertiary/aromatic N) is 4. The number of rotatable bonds is 2. The molecule has 9 heteroatoms. The van der Waals surface area contributed by atoms with Crippen LogP contribution in [0, 0.1) is 10.1 Å². The summed E-state index contributed by atoms with van der Waals surface area (Å²) in [5.41, 5.74) is -0.193. The van der Waals surface area contributed by atoms with E-state index in [9.17, 15) is 23.3 Å². The lowest BCUT2D eigenvalue weighted by molar-refractivity contribution is -0.384. The van der Waals surface area contributed by atoms with Crippen molar-refractivity contribution < 1.29 is 18.1 Å². The highest BCUT2D eigenvalue weighted by atomic mass is 19.4. The second-order valence-corrected chi connectivity index (χ2v) is 4.48. The Labute approximate surface area is 120 Å². The van der Waals surface area contributed by atoms with Crippen molar-refractivity contribution >= 4 is 16.7 Å². The van der Waals surface area contributed by atoms with Crippen LogP contribution in [-0.2, 0) is 6.18 Å². The van der Waals surface area contributed by atoms with E-state index in [0.29, 0.717) is 5.52 Å². The van der Waals surface area contributed by atoms with Crippen molar-refractivity contribution in [3.63, 3.8) is 0 Å². The third-order valence-electron chi connectivity index (χ3n) is 3.06. The zero-order valence-electron chi connectivity index (χ0n) is 10.8. The molecular weight excluding hydrogens is 301 g/mol. The van der Waals surface area contributed by atoms with Gasteiger partial charge in [0.2, 0.25) is 0 Å². The number of fused-ring (bicyclic) bond motifs is 1. The first kappa shape index (κ1) is 14.0. The van der Waals surface area contributed by atoms with E-state index in [0.717, 1.165) is 12.1 Å². The van der Waals surface area contributed by atoms with Gasteiger partial charge in [0.25, 0.3) is 5.69 Å². The van der Waals surface area contributed by atoms with Crippen LogP contribution in [0.15, 0.2) is 42.5 Å². The number of aromatic nitrogens is 3. The summed E-state index contributed by atoms with van der Waals surface area (Å²) < 4.78 is 39.4. The van der Waals surface area contributed by atoms with Gasteiger partial charge in [-0.15, -0.1) is 5.10 Å². The fourth-order valence-electron chi connectivity index (χ4n) is 2.03. The van der Waals surface area contributed by atoms with Crippen molar-refractivity contribution in [3.05, 3.63) is 58.1 Å². The van der Waals surface area contributed by atoms with Gasteiger partial charge >= 0.3 is 6.18 Å². The van der Waals surface area contributed by atoms with Crippen LogP contribution in [0.4, 0.5) is 18.9 Å². The molecule has 0 atom stereocenters. The van der Waals surface area contributed by atoms with E-state index >= 15 is 0 Å². The smallest absolute Gasteiger partial charge is 0.258 e. The van der Waals surface area contributed by atoms with Gasteiger partial charge in [-0.1, -0.05) is 11.3 Å². The number of nitro groups is 1. The van der Waals surface area contributed by atoms with Gasteiger partial charge in [0.15, 0.2) is 0 Å². The molecule has 3 aromatic rings. The van der Waals surface area contributed by atoms with Crippen LogP contribution in [0.25, 0.3) is 16.7 Å². The molecule has 22 heavy (non-hydrogen) atoms. The van der Waals surface area contributed by atoms with E-state index in [1.54, 1.807) is 0 Å². The summed E-state index contributed by atoms with van der Waals surface area (Å²) in [4.78, 5) is 10.1. The Morgan fingerprint density at radius 2 is 1.91 bits per heavy atom. The molecule has 0 amide bonds. The highest BCUT2D eigenvalue weighted by molar-refractivity contribution is 5.78. The monoisotopic (exact) mass is 308 g/mol. The zero-order valence-corrected chi connectivity index (χ0v) is 10.8. The molecule has 112 valence electrons. The highest BCUT2D eigenvalue weighted by Crippen LogP contribution is 2.31. The van der Waals surface area contributed by atoms with Gasteiger partial charge in [0.1, 0.15) is 5.52 Å². The molecule has 0 aliphatic rings. The summed E-state index contributed by atoms with van der Waals surface area (Å²) in [6.45, 7) is 0. The molecule has 0 radical (unpaired) electrons. The Morgan fingerprint density at radius 1 is 1.14 bits per heavy atom. The number of hydrogen-bond acceptors (Lipinski definition) is 4. The highest BCUT2D eigenvalue weighted by Gasteiger charge is 2.30. The van der Waals surface area contributed by atoms with Gasteiger partial charge in [-0.25, -0.2) is 4.68 Å². The molecule has 3 rings (SSSR count). The molecule has 0 aliphatic carbocycles. The molecule has 0 saturated carbocycles. The van der Waals surface area contributed by atoms with Gasteiger partial charge < -0.3 is 0 Å². The lowest BCUT2D eigenvalue weighted by atomic mass is 10.2. The molecule has 1 aromatic heterocycles. The summed E-state index contributed by atoms with van der Waals surface area (Å²) in [5.74, 6) is 0. The fraction of sp³-hybridized carbons (Fsp3) is 0.0769. The first-order valence-electron chi connectivity index (χ1n) is 6.04. The first-order chi connectivity index (χ1) is 10.4. The van der Waals surface area contributed by atoms with Crippen molar-refractivity contribution in [3.8, 4) is 5.69 Å². The van der Waals surface area contributed by atoms with Crippen LogP contribution in [0.2, 0.25) is 0 Å². The fourth-order valence-corrected chi connectivity index (χ4v) is 2.03. The van der Waals surface area contributed by atoms with E-state index in [-0.39, 0.29) is 16.9 Å². The van der Waals surface area contributed by atoms with E-state index in [4.69, 9.17) is 0 Å². The quantitative estimate of drug-likeness (QED) is 0.537. The van der Waals surface area contributed by atoms with Crippen molar-refractivity contribution in [1.29, 1.82) is 0 Å². The minimum Gasteiger partial charge on any atom is -0.258 e. The summed E-state index contributed by atoms with van der Waals surface area (Å²) >= 11 is 0. The molecule has 1 heterocycles. The SMILES string of the molecule is O=[N+]([O-])c1ccc2c(c1)nnn2-c1cccc(C(F)(F)F)c1. The maximum absolute atomic E-state index is 12.7. The molecule has 0 spiro atoms. The van der Waals surface area contributed by atoms with Gasteiger partial charge in [0, 0.05) is 12.1 Å². The van der Waals surface area contributed by atoms with Crippen LogP contribution in [0.5, 0.6) is 0 Å². The standard InChI is InChI=1S/C13H7F3N4O2/c14-13(15,16)8-2-1-3-9(6-8)19-12-5-4-10(20(21)22)7-11(12)17-18-19/h1-7H. The second kappa shape index (κ2) is 4.79. The van der Waals surface area contributed by atoms with E-state index in [1.807, 2.05) is 0 Å². The van der Waals surface area contributed by atoms with Gasteiger partial charge in [-0.3, -0.25) is 10.1 Å². The Bertz CT molecular complexity index is 873. The maximum Gasteiger partial charge on any atom is 0.416 e. The van der Waals surface area contributed by atoms with Gasteiger partial charge in [-0.05, 0) is 24.3 Å². The number of alkyl halides is 3. The summed E-state index contributed by atoms with van der Waals surface area (Å²) in [7, 11) is 0. The molecule has 0 N–H and O–H groups in total. The van der Waals surface area contributed by atoms with Crippen LogP contribution in [-0.4, -0.2) is 19.9 Å². The number of non-ortho nitro benzene ring substituents is 1. The lowest BCUT2D eigenvalue weighted by Gasteiger charge is -2.08. The summed E-state index contributed by atoms with van der Waals surface area (Å²) in [6, 6.07) is 8.46. The summed E-state index contributed by atoms with van der Waals surface area (Å²) in [6.07, 6.45) is -4.47. The normalized spacial score (nSPS) is 11.8. The van der Waals surface area contributed by atoms with E-state index in [1.165, 1.54) is 35.0 Å². The average Bonchev–Trinajstić information content (AvgIpc) is 2.89. The van der Waals surface area contributed by atoms with Crippen molar-refractivity contribution in [2.24, 2.45) is 0 Å². The third kappa shape index (κ3) is 2.36. The molecule has 0 unspecified atom stereocenters. The average molecular weight is 308 g/mol. The van der Waals surface area contributed by atoms with Gasteiger partial charge in [0.05, 0.1) is 21.7 Å². The molecule has 0 saturated heterocycles. The molecular formula is C13H7F3N4O2. The van der Waals surface area contributed by atoms with Gasteiger partial charge in [-0.2, -0.15) is 13.2 Å². The molecule has 6 nitrogen and oxygen atoms in total. The minimum atomic E-state index is -4.47. The zero-order chi connectivity index (χ0) is 15.9. The molecule has 0 bridgehead atoms. The Balaban J connectivity index is 2.13. The number of hydrogen-bond donors (Lipinski definition) is 0. The summed E-state index contributed by atoms with van der Waals surface area (Å²) in [5, 5.41) is 18.2. The van der Waals surface area contributed by atoms with Crippen molar-refractivity contribution in [1.82, 2.24) is 15.0 Å².